The lowest BCUT2D eigenvalue weighted by atomic mass is 10.3. The van der Waals surface area contributed by atoms with Crippen molar-refractivity contribution in [1.29, 1.82) is 0 Å². The zero-order chi connectivity index (χ0) is 18.4. The monoisotopic (exact) mass is 400 g/mol. The number of amides is 1. The Labute approximate surface area is 158 Å². The zero-order valence-electron chi connectivity index (χ0n) is 14.3. The smallest absolute Gasteiger partial charge is 0.261 e. The molecule has 2 rings (SSSR count). The molecule has 0 fully saturated rings. The van der Waals surface area contributed by atoms with Crippen molar-refractivity contribution < 1.29 is 23.2 Å². The summed E-state index contributed by atoms with van der Waals surface area (Å²) in [5, 5.41) is 8.76. The molecule has 9 heteroatoms. The number of para-hydroxylation sites is 1. The van der Waals surface area contributed by atoms with Gasteiger partial charge in [-0.15, -0.1) is 12.4 Å². The Bertz CT molecular complexity index is 811. The van der Waals surface area contributed by atoms with E-state index in [1.54, 1.807) is 38.4 Å². The Morgan fingerprint density at radius 3 is 2.12 bits per heavy atom. The predicted molar refractivity (Wildman–Crippen MR) is 99.7 cm³/mol. The molecule has 2 aromatic rings. The first-order valence-electron chi connectivity index (χ1n) is 7.49. The Kier molecular flexibility index (Phi) is 8.04. The fraction of sp³-hybridized carbons (Fsp3) is 0.235. The SMILES string of the molecule is CN(C)C(CS(=O)(=O)c1ccc(Oc2ccccc2)cc1)C(=O)NO.Cl. The minimum Gasteiger partial charge on any atom is -0.457 e. The maximum Gasteiger partial charge on any atom is 0.261 e. The quantitative estimate of drug-likeness (QED) is 0.546. The van der Waals surface area contributed by atoms with Crippen molar-refractivity contribution in [1.82, 2.24) is 10.4 Å². The van der Waals surface area contributed by atoms with Crippen LogP contribution in [0.3, 0.4) is 0 Å². The number of halogens is 1. The highest BCUT2D eigenvalue weighted by Crippen LogP contribution is 2.23. The van der Waals surface area contributed by atoms with Gasteiger partial charge in [0.1, 0.15) is 17.5 Å². The van der Waals surface area contributed by atoms with Gasteiger partial charge in [0, 0.05) is 0 Å². The zero-order valence-corrected chi connectivity index (χ0v) is 16.0. The number of hydrogen-bond acceptors (Lipinski definition) is 6. The van der Waals surface area contributed by atoms with Crippen LogP contribution in [0.4, 0.5) is 0 Å². The van der Waals surface area contributed by atoms with E-state index in [9.17, 15) is 13.2 Å². The summed E-state index contributed by atoms with van der Waals surface area (Å²) in [5.41, 5.74) is 1.49. The number of rotatable bonds is 7. The number of nitrogens with zero attached hydrogens (tertiary/aromatic N) is 1. The fourth-order valence-electron chi connectivity index (χ4n) is 2.18. The van der Waals surface area contributed by atoms with Crippen molar-refractivity contribution in [2.75, 3.05) is 19.8 Å². The summed E-state index contributed by atoms with van der Waals surface area (Å²) in [6, 6.07) is 14.1. The molecule has 0 aliphatic heterocycles. The Balaban J connectivity index is 0.00000338. The maximum atomic E-state index is 12.5. The second-order valence-electron chi connectivity index (χ2n) is 5.62. The predicted octanol–water partition coefficient (Wildman–Crippen LogP) is 2.11. The molecule has 142 valence electrons. The van der Waals surface area contributed by atoms with Gasteiger partial charge >= 0.3 is 0 Å². The molecule has 2 N–H and O–H groups in total. The molecule has 0 aliphatic rings. The molecular formula is C17H21ClN2O5S. The van der Waals surface area contributed by atoms with E-state index in [0.717, 1.165) is 0 Å². The van der Waals surface area contributed by atoms with Crippen molar-refractivity contribution in [3.05, 3.63) is 54.6 Å². The third-order valence-corrected chi connectivity index (χ3v) is 5.32. The largest absolute Gasteiger partial charge is 0.457 e. The van der Waals surface area contributed by atoms with Gasteiger partial charge in [-0.25, -0.2) is 13.9 Å². The van der Waals surface area contributed by atoms with Gasteiger partial charge in [0.2, 0.25) is 0 Å². The van der Waals surface area contributed by atoms with Crippen LogP contribution in [-0.4, -0.2) is 50.3 Å². The van der Waals surface area contributed by atoms with Crippen molar-refractivity contribution >= 4 is 28.2 Å². The normalized spacial score (nSPS) is 12.2. The average Bonchev–Trinajstić information content (AvgIpc) is 2.60. The number of sulfone groups is 1. The van der Waals surface area contributed by atoms with Crippen LogP contribution in [0, 0.1) is 0 Å². The number of hydrogen-bond donors (Lipinski definition) is 2. The number of hydroxylamine groups is 1. The van der Waals surface area contributed by atoms with E-state index in [0.29, 0.717) is 11.5 Å². The first-order valence-corrected chi connectivity index (χ1v) is 9.15. The first kappa shape index (κ1) is 21.9. The second-order valence-corrected chi connectivity index (χ2v) is 7.66. The summed E-state index contributed by atoms with van der Waals surface area (Å²) < 4.78 is 30.6. The van der Waals surface area contributed by atoms with Gasteiger partial charge in [-0.1, -0.05) is 18.2 Å². The van der Waals surface area contributed by atoms with Crippen LogP contribution >= 0.6 is 12.4 Å². The number of carbonyl (C=O) groups is 1. The van der Waals surface area contributed by atoms with Gasteiger partial charge in [0.15, 0.2) is 9.84 Å². The molecule has 2 aromatic carbocycles. The number of carbonyl (C=O) groups excluding carboxylic acids is 1. The highest BCUT2D eigenvalue weighted by atomic mass is 35.5. The molecule has 0 bridgehead atoms. The second kappa shape index (κ2) is 9.54. The highest BCUT2D eigenvalue weighted by molar-refractivity contribution is 7.91. The minimum atomic E-state index is -3.72. The van der Waals surface area contributed by atoms with Crippen LogP contribution in [0.15, 0.2) is 59.5 Å². The Morgan fingerprint density at radius 2 is 1.62 bits per heavy atom. The molecule has 0 aliphatic carbocycles. The molecule has 0 saturated carbocycles. The molecule has 26 heavy (non-hydrogen) atoms. The molecule has 0 spiro atoms. The summed E-state index contributed by atoms with van der Waals surface area (Å²) in [5.74, 6) is -0.0870. The van der Waals surface area contributed by atoms with Crippen molar-refractivity contribution in [3.8, 4) is 11.5 Å². The summed E-state index contributed by atoms with van der Waals surface area (Å²) >= 11 is 0. The Morgan fingerprint density at radius 1 is 1.08 bits per heavy atom. The molecule has 7 nitrogen and oxygen atoms in total. The van der Waals surface area contributed by atoms with E-state index >= 15 is 0 Å². The van der Waals surface area contributed by atoms with E-state index < -0.39 is 27.5 Å². The van der Waals surface area contributed by atoms with Crippen LogP contribution in [0.5, 0.6) is 11.5 Å². The van der Waals surface area contributed by atoms with Crippen molar-refractivity contribution in [2.45, 2.75) is 10.9 Å². The molecule has 0 heterocycles. The molecule has 0 radical (unpaired) electrons. The standard InChI is InChI=1S/C17H20N2O5S.ClH/c1-19(2)16(17(20)18-21)12-25(22,23)15-10-8-14(9-11-15)24-13-6-4-3-5-7-13;/h3-11,16,21H,12H2,1-2H3,(H,18,20);1H. The maximum absolute atomic E-state index is 12.5. The molecule has 0 aromatic heterocycles. The van der Waals surface area contributed by atoms with Crippen LogP contribution in [0.2, 0.25) is 0 Å². The van der Waals surface area contributed by atoms with Crippen molar-refractivity contribution in [2.24, 2.45) is 0 Å². The van der Waals surface area contributed by atoms with Gasteiger partial charge < -0.3 is 4.74 Å². The minimum absolute atomic E-state index is 0. The number of nitrogens with one attached hydrogen (secondary N) is 1. The lowest BCUT2D eigenvalue weighted by Gasteiger charge is -2.21. The van der Waals surface area contributed by atoms with Gasteiger partial charge in [0.05, 0.1) is 10.6 Å². The molecule has 1 amide bonds. The average molecular weight is 401 g/mol. The van der Waals surface area contributed by atoms with E-state index in [1.165, 1.54) is 22.5 Å². The first-order chi connectivity index (χ1) is 11.8. The summed E-state index contributed by atoms with van der Waals surface area (Å²) in [6.45, 7) is 0. The molecule has 0 saturated heterocycles. The lowest BCUT2D eigenvalue weighted by Crippen LogP contribution is -2.46. The number of benzene rings is 2. The van der Waals surface area contributed by atoms with Gasteiger partial charge in [0.25, 0.3) is 5.91 Å². The third kappa shape index (κ3) is 5.70. The van der Waals surface area contributed by atoms with E-state index in [4.69, 9.17) is 9.94 Å². The Hall–Kier alpha value is -2.13. The molecule has 1 atom stereocenters. The number of ether oxygens (including phenoxy) is 1. The van der Waals surface area contributed by atoms with E-state index in [2.05, 4.69) is 0 Å². The number of likely N-dealkylation sites (N-methyl/N-ethyl adjacent to an activating group) is 1. The van der Waals surface area contributed by atoms with Gasteiger partial charge in [-0.05, 0) is 50.5 Å². The summed E-state index contributed by atoms with van der Waals surface area (Å²) in [6.07, 6.45) is 0. The van der Waals surface area contributed by atoms with Crippen LogP contribution in [-0.2, 0) is 14.6 Å². The fourth-order valence-corrected chi connectivity index (χ4v) is 3.79. The molecular weight excluding hydrogens is 380 g/mol. The highest BCUT2D eigenvalue weighted by Gasteiger charge is 2.28. The van der Waals surface area contributed by atoms with Crippen molar-refractivity contribution in [3.63, 3.8) is 0 Å². The van der Waals surface area contributed by atoms with Gasteiger partial charge in [-0.3, -0.25) is 14.9 Å². The molecule has 1 unspecified atom stereocenters. The van der Waals surface area contributed by atoms with E-state index in [1.807, 2.05) is 18.2 Å². The summed E-state index contributed by atoms with van der Waals surface area (Å²) in [4.78, 5) is 13.1. The van der Waals surface area contributed by atoms with Gasteiger partial charge in [-0.2, -0.15) is 0 Å². The van der Waals surface area contributed by atoms with E-state index in [-0.39, 0.29) is 17.3 Å². The summed E-state index contributed by atoms with van der Waals surface area (Å²) in [7, 11) is -0.595. The van der Waals surface area contributed by atoms with Crippen LogP contribution in [0.25, 0.3) is 0 Å². The topological polar surface area (TPSA) is 95.9 Å². The lowest BCUT2D eigenvalue weighted by molar-refractivity contribution is -0.133. The van der Waals surface area contributed by atoms with Crippen LogP contribution in [0.1, 0.15) is 0 Å². The third-order valence-electron chi connectivity index (χ3n) is 3.58. The van der Waals surface area contributed by atoms with Crippen LogP contribution < -0.4 is 10.2 Å².